The van der Waals surface area contributed by atoms with E-state index in [4.69, 9.17) is 16.5 Å². The van der Waals surface area contributed by atoms with Gasteiger partial charge in [0.15, 0.2) is 5.82 Å². The van der Waals surface area contributed by atoms with E-state index >= 15 is 0 Å². The lowest BCUT2D eigenvalue weighted by Crippen LogP contribution is -2.09. The van der Waals surface area contributed by atoms with E-state index in [0.717, 1.165) is 89.7 Å². The monoisotopic (exact) mass is 832 g/mol. The topological polar surface area (TPSA) is 41.6 Å². The minimum atomic E-state index is 0.515. The van der Waals surface area contributed by atoms with Crippen LogP contribution in [0.4, 0.5) is 39.8 Å². The van der Waals surface area contributed by atoms with Gasteiger partial charge < -0.3 is 14.4 Å². The average Bonchev–Trinajstić information content (AvgIpc) is 3.70. The summed E-state index contributed by atoms with van der Waals surface area (Å²) in [6, 6.07) is 83.6. The highest BCUT2D eigenvalue weighted by molar-refractivity contribution is 6.12. The van der Waals surface area contributed by atoms with E-state index in [1.807, 2.05) is 84.9 Å². The Morgan fingerprint density at radius 2 is 0.754 bits per heavy atom. The van der Waals surface area contributed by atoms with Gasteiger partial charge in [-0.05, 0) is 109 Å². The zero-order chi connectivity index (χ0) is 43.5. The second-order valence-corrected chi connectivity index (χ2v) is 15.8. The number of para-hydroxylation sites is 4. The Labute approximate surface area is 378 Å². The molecule has 6 nitrogen and oxygen atoms in total. The molecule has 0 aliphatic heterocycles. The van der Waals surface area contributed by atoms with Gasteiger partial charge in [0.05, 0.1) is 34.7 Å². The molecule has 0 spiro atoms. The van der Waals surface area contributed by atoms with Crippen molar-refractivity contribution < 1.29 is 0 Å². The van der Waals surface area contributed by atoms with Crippen LogP contribution < -0.4 is 9.80 Å². The summed E-state index contributed by atoms with van der Waals surface area (Å²) in [4.78, 5) is 18.9. The smallest absolute Gasteiger partial charge is 0.211 e. The van der Waals surface area contributed by atoms with E-state index in [-0.39, 0.29) is 0 Å². The molecule has 2 aromatic heterocycles. The SMILES string of the molecule is [C-]#[N+]c1cc(-c2cc(-c3ccccc3)nc(-c3ccccc3)n2)ccc1-n1c2ccc(N(c3ccccc3)c3ccccc3)cc2c2cc(N(c3ccccc3)c3ccccc3)ccc21. The molecule has 0 radical (unpaired) electrons. The molecule has 0 fully saturated rings. The van der Waals surface area contributed by atoms with Gasteiger partial charge in [0.1, 0.15) is 0 Å². The molecule has 306 valence electrons. The summed E-state index contributed by atoms with van der Waals surface area (Å²) in [6.45, 7) is 8.64. The lowest BCUT2D eigenvalue weighted by molar-refractivity contribution is 1.17. The quantitative estimate of drug-likeness (QED) is 0.129. The molecule has 0 amide bonds. The number of anilines is 6. The number of hydrogen-bond donors (Lipinski definition) is 0. The van der Waals surface area contributed by atoms with Gasteiger partial charge in [-0.15, -0.1) is 0 Å². The van der Waals surface area contributed by atoms with Crippen molar-refractivity contribution in [1.82, 2.24) is 14.5 Å². The standard InChI is InChI=1S/C59H40N6/c1-60-55-38-44(54-41-53(42-20-8-2-9-21-42)61-59(62-54)43-22-10-3-11-23-43)32-35-58(55)65-56-36-33-49(63(45-24-12-4-13-25-45)46-26-14-5-15-27-46)39-51(56)52-40-50(34-37-57(52)65)64(47-28-16-6-17-29-47)48-30-18-7-19-31-48/h2-41H. The van der Waals surface area contributed by atoms with Crippen LogP contribution >= 0.6 is 0 Å². The summed E-state index contributed by atoms with van der Waals surface area (Å²) in [6.07, 6.45) is 0. The highest BCUT2D eigenvalue weighted by Crippen LogP contribution is 2.44. The molecule has 0 aliphatic rings. The fourth-order valence-electron chi connectivity index (χ4n) is 8.77. The summed E-state index contributed by atoms with van der Waals surface area (Å²) in [7, 11) is 0. The Kier molecular flexibility index (Phi) is 10.2. The predicted octanol–water partition coefficient (Wildman–Crippen LogP) is 16.1. The summed E-state index contributed by atoms with van der Waals surface area (Å²) in [5, 5.41) is 2.13. The molecule has 9 aromatic carbocycles. The van der Waals surface area contributed by atoms with Crippen LogP contribution in [0.1, 0.15) is 0 Å². The van der Waals surface area contributed by atoms with Gasteiger partial charge in [0.2, 0.25) is 5.69 Å². The van der Waals surface area contributed by atoms with E-state index in [2.05, 4.69) is 177 Å². The highest BCUT2D eigenvalue weighted by Gasteiger charge is 2.22. The molecular weight excluding hydrogens is 793 g/mol. The minimum absolute atomic E-state index is 0.515. The van der Waals surface area contributed by atoms with Crippen LogP contribution in [0.5, 0.6) is 0 Å². The lowest BCUT2D eigenvalue weighted by atomic mass is 10.1. The van der Waals surface area contributed by atoms with Crippen molar-refractivity contribution in [3.63, 3.8) is 0 Å². The second-order valence-electron chi connectivity index (χ2n) is 15.8. The molecular formula is C59H40N6. The number of nitrogens with zero attached hydrogens (tertiary/aromatic N) is 6. The first-order valence-electron chi connectivity index (χ1n) is 21.6. The number of aromatic nitrogens is 3. The zero-order valence-corrected chi connectivity index (χ0v) is 35.3. The predicted molar refractivity (Wildman–Crippen MR) is 268 cm³/mol. The molecule has 0 atom stereocenters. The van der Waals surface area contributed by atoms with E-state index < -0.39 is 0 Å². The summed E-state index contributed by atoms with van der Waals surface area (Å²) in [5.41, 5.74) is 13.9. The maximum Gasteiger partial charge on any atom is 0.211 e. The first-order valence-corrected chi connectivity index (χ1v) is 21.6. The van der Waals surface area contributed by atoms with Gasteiger partial charge in [-0.25, -0.2) is 14.8 Å². The van der Waals surface area contributed by atoms with Crippen LogP contribution in [0.2, 0.25) is 0 Å². The Morgan fingerprint density at radius 1 is 0.354 bits per heavy atom. The van der Waals surface area contributed by atoms with Crippen LogP contribution in [0, 0.1) is 6.57 Å². The fraction of sp³-hybridized carbons (Fsp3) is 0. The molecule has 11 rings (SSSR count). The Hall–Kier alpha value is -9.05. The third-order valence-corrected chi connectivity index (χ3v) is 11.8. The van der Waals surface area contributed by atoms with Gasteiger partial charge in [-0.2, -0.15) is 0 Å². The van der Waals surface area contributed by atoms with E-state index in [9.17, 15) is 0 Å². The second kappa shape index (κ2) is 17.0. The molecule has 65 heavy (non-hydrogen) atoms. The number of benzene rings is 9. The number of hydrogen-bond acceptors (Lipinski definition) is 4. The van der Waals surface area contributed by atoms with Crippen molar-refractivity contribution >= 4 is 61.6 Å². The molecule has 0 N–H and O–H groups in total. The van der Waals surface area contributed by atoms with Crippen LogP contribution in [0.15, 0.2) is 243 Å². The van der Waals surface area contributed by atoms with E-state index in [1.165, 1.54) is 0 Å². The Balaban J connectivity index is 1.12. The molecule has 2 heterocycles. The summed E-state index contributed by atoms with van der Waals surface area (Å²) in [5.74, 6) is 0.629. The maximum absolute atomic E-state index is 8.64. The number of rotatable bonds is 10. The van der Waals surface area contributed by atoms with Crippen molar-refractivity contribution in [3.05, 3.63) is 254 Å². The van der Waals surface area contributed by atoms with Crippen LogP contribution in [-0.4, -0.2) is 14.5 Å². The average molecular weight is 833 g/mol. The number of fused-ring (bicyclic) bond motifs is 3. The van der Waals surface area contributed by atoms with Gasteiger partial charge in [0.25, 0.3) is 0 Å². The van der Waals surface area contributed by atoms with Crippen molar-refractivity contribution in [2.45, 2.75) is 0 Å². The molecule has 0 aliphatic carbocycles. The normalized spacial score (nSPS) is 11.1. The van der Waals surface area contributed by atoms with Crippen molar-refractivity contribution in [2.75, 3.05) is 9.80 Å². The van der Waals surface area contributed by atoms with Crippen LogP contribution in [0.25, 0.3) is 66.2 Å². The van der Waals surface area contributed by atoms with Crippen LogP contribution in [0.3, 0.4) is 0 Å². The van der Waals surface area contributed by atoms with Crippen LogP contribution in [-0.2, 0) is 0 Å². The molecule has 0 saturated heterocycles. The van der Waals surface area contributed by atoms with Crippen molar-refractivity contribution in [3.8, 4) is 39.6 Å². The largest absolute Gasteiger partial charge is 0.319 e. The molecule has 6 heteroatoms. The Bertz CT molecular complexity index is 3200. The third-order valence-electron chi connectivity index (χ3n) is 11.8. The summed E-state index contributed by atoms with van der Waals surface area (Å²) >= 11 is 0. The maximum atomic E-state index is 8.64. The summed E-state index contributed by atoms with van der Waals surface area (Å²) < 4.78 is 2.24. The first kappa shape index (κ1) is 38.8. The zero-order valence-electron chi connectivity index (χ0n) is 35.3. The molecule has 11 aromatic rings. The van der Waals surface area contributed by atoms with E-state index in [0.29, 0.717) is 11.5 Å². The van der Waals surface area contributed by atoms with Gasteiger partial charge in [-0.1, -0.05) is 140 Å². The van der Waals surface area contributed by atoms with E-state index in [1.54, 1.807) is 0 Å². The molecule has 0 bridgehead atoms. The van der Waals surface area contributed by atoms with Crippen molar-refractivity contribution in [2.24, 2.45) is 0 Å². The first-order chi connectivity index (χ1) is 32.2. The fourth-order valence-corrected chi connectivity index (χ4v) is 8.77. The lowest BCUT2D eigenvalue weighted by Gasteiger charge is -2.26. The highest BCUT2D eigenvalue weighted by atomic mass is 15.1. The van der Waals surface area contributed by atoms with Gasteiger partial charge in [-0.3, -0.25) is 0 Å². The van der Waals surface area contributed by atoms with Gasteiger partial charge >= 0.3 is 0 Å². The minimum Gasteiger partial charge on any atom is -0.319 e. The molecule has 0 unspecified atom stereocenters. The van der Waals surface area contributed by atoms with Gasteiger partial charge in [0, 0.05) is 56.0 Å². The molecule has 0 saturated carbocycles. The Morgan fingerprint density at radius 3 is 1.18 bits per heavy atom. The third kappa shape index (κ3) is 7.43. The van der Waals surface area contributed by atoms with Crippen molar-refractivity contribution in [1.29, 1.82) is 0 Å².